The molecule has 24 heavy (non-hydrogen) atoms. The van der Waals surface area contributed by atoms with Crippen molar-refractivity contribution in [3.63, 3.8) is 0 Å². The Hall–Kier alpha value is -2.12. The normalized spacial score (nSPS) is 21.6. The molecule has 0 spiro atoms. The van der Waals surface area contributed by atoms with Crippen molar-refractivity contribution in [2.45, 2.75) is 12.5 Å². The minimum absolute atomic E-state index is 0.0316. The van der Waals surface area contributed by atoms with Crippen LogP contribution in [0.15, 0.2) is 24.3 Å². The Bertz CT molecular complexity index is 666. The minimum atomic E-state index is -0.506. The zero-order valence-electron chi connectivity index (χ0n) is 13.1. The van der Waals surface area contributed by atoms with Gasteiger partial charge in [0.15, 0.2) is 0 Å². The fourth-order valence-electron chi connectivity index (χ4n) is 3.02. The van der Waals surface area contributed by atoms with E-state index in [1.807, 2.05) is 18.2 Å². The van der Waals surface area contributed by atoms with Gasteiger partial charge in [-0.2, -0.15) is 0 Å². The molecule has 8 heteroatoms. The van der Waals surface area contributed by atoms with Gasteiger partial charge in [-0.05, 0) is 17.7 Å². The molecule has 0 radical (unpaired) electrons. The van der Waals surface area contributed by atoms with Gasteiger partial charge in [-0.3, -0.25) is 14.9 Å². The van der Waals surface area contributed by atoms with E-state index >= 15 is 0 Å². The maximum atomic E-state index is 12.7. The SMILES string of the molecule is O=C1CCN(CC(=O)N2CCNCC2c2cccc(Cl)c2)C(=O)N1. The van der Waals surface area contributed by atoms with Crippen LogP contribution >= 0.6 is 11.6 Å². The minimum Gasteiger partial charge on any atom is -0.332 e. The summed E-state index contributed by atoms with van der Waals surface area (Å²) in [5.41, 5.74) is 0.960. The van der Waals surface area contributed by atoms with Gasteiger partial charge < -0.3 is 15.1 Å². The molecule has 0 aromatic heterocycles. The standard InChI is InChI=1S/C16H19ClN4O3/c17-12-3-1-2-11(8-12)13-9-18-5-7-21(13)15(23)10-20-6-4-14(22)19-16(20)24/h1-3,8,13,18H,4-7,9-10H2,(H,19,22,24). The summed E-state index contributed by atoms with van der Waals surface area (Å²) in [7, 11) is 0. The van der Waals surface area contributed by atoms with Crippen LogP contribution in [0.1, 0.15) is 18.0 Å². The third-order valence-corrected chi connectivity index (χ3v) is 4.50. The number of rotatable bonds is 3. The number of imide groups is 1. The second kappa shape index (κ2) is 7.19. The molecule has 0 bridgehead atoms. The molecule has 0 aliphatic carbocycles. The van der Waals surface area contributed by atoms with Crippen molar-refractivity contribution in [1.29, 1.82) is 0 Å². The molecule has 2 fully saturated rings. The van der Waals surface area contributed by atoms with E-state index in [1.54, 1.807) is 11.0 Å². The van der Waals surface area contributed by atoms with E-state index in [1.165, 1.54) is 4.90 Å². The Balaban J connectivity index is 1.72. The monoisotopic (exact) mass is 350 g/mol. The first-order chi connectivity index (χ1) is 11.5. The number of amides is 4. The van der Waals surface area contributed by atoms with Crippen LogP contribution in [0.25, 0.3) is 0 Å². The average molecular weight is 351 g/mol. The molecule has 7 nitrogen and oxygen atoms in total. The van der Waals surface area contributed by atoms with E-state index < -0.39 is 6.03 Å². The van der Waals surface area contributed by atoms with Crippen LogP contribution in [-0.2, 0) is 9.59 Å². The quantitative estimate of drug-likeness (QED) is 0.843. The number of nitrogens with one attached hydrogen (secondary N) is 2. The van der Waals surface area contributed by atoms with Crippen LogP contribution in [0.2, 0.25) is 5.02 Å². The molecule has 2 saturated heterocycles. The van der Waals surface area contributed by atoms with Crippen molar-refractivity contribution in [2.75, 3.05) is 32.7 Å². The van der Waals surface area contributed by atoms with E-state index in [0.717, 1.165) is 5.56 Å². The smallest absolute Gasteiger partial charge is 0.324 e. The molecule has 1 aromatic carbocycles. The van der Waals surface area contributed by atoms with Crippen molar-refractivity contribution >= 4 is 29.4 Å². The summed E-state index contributed by atoms with van der Waals surface area (Å²) in [5.74, 6) is -0.436. The maximum Gasteiger partial charge on any atom is 0.324 e. The van der Waals surface area contributed by atoms with E-state index in [0.29, 0.717) is 24.7 Å². The lowest BCUT2D eigenvalue weighted by Gasteiger charge is -2.38. The van der Waals surface area contributed by atoms with Gasteiger partial charge in [-0.25, -0.2) is 4.79 Å². The van der Waals surface area contributed by atoms with Crippen molar-refractivity contribution in [2.24, 2.45) is 0 Å². The van der Waals surface area contributed by atoms with Crippen LogP contribution < -0.4 is 10.6 Å². The number of benzene rings is 1. The van der Waals surface area contributed by atoms with Crippen molar-refractivity contribution in [1.82, 2.24) is 20.4 Å². The number of carbonyl (C=O) groups is 3. The molecule has 128 valence electrons. The summed E-state index contributed by atoms with van der Waals surface area (Å²) in [6, 6.07) is 6.82. The number of nitrogens with zero attached hydrogens (tertiary/aromatic N) is 2. The molecule has 1 aromatic rings. The van der Waals surface area contributed by atoms with Crippen LogP contribution in [0.4, 0.5) is 4.79 Å². The highest BCUT2D eigenvalue weighted by Crippen LogP contribution is 2.25. The predicted octanol–water partition coefficient (Wildman–Crippen LogP) is 0.755. The second-order valence-corrected chi connectivity index (χ2v) is 6.32. The number of hydrogen-bond acceptors (Lipinski definition) is 4. The first-order valence-corrected chi connectivity index (χ1v) is 8.27. The van der Waals surface area contributed by atoms with Gasteiger partial charge in [0.2, 0.25) is 11.8 Å². The summed E-state index contributed by atoms with van der Waals surface area (Å²) in [5, 5.41) is 6.14. The number of hydrogen-bond donors (Lipinski definition) is 2. The third kappa shape index (κ3) is 3.68. The van der Waals surface area contributed by atoms with E-state index in [2.05, 4.69) is 10.6 Å². The van der Waals surface area contributed by atoms with E-state index in [4.69, 9.17) is 11.6 Å². The van der Waals surface area contributed by atoms with E-state index in [9.17, 15) is 14.4 Å². The molecular formula is C16H19ClN4O3. The Kier molecular flexibility index (Phi) is 5.01. The Morgan fingerprint density at radius 3 is 2.88 bits per heavy atom. The fourth-order valence-corrected chi connectivity index (χ4v) is 3.22. The van der Waals surface area contributed by atoms with Crippen molar-refractivity contribution in [3.05, 3.63) is 34.9 Å². The maximum absolute atomic E-state index is 12.7. The molecule has 2 aliphatic rings. The van der Waals surface area contributed by atoms with Gasteiger partial charge in [0.05, 0.1) is 6.04 Å². The van der Waals surface area contributed by atoms with Gasteiger partial charge >= 0.3 is 6.03 Å². The zero-order valence-corrected chi connectivity index (χ0v) is 13.9. The Morgan fingerprint density at radius 1 is 1.29 bits per heavy atom. The van der Waals surface area contributed by atoms with Crippen LogP contribution in [0.3, 0.4) is 0 Å². The van der Waals surface area contributed by atoms with Crippen molar-refractivity contribution < 1.29 is 14.4 Å². The second-order valence-electron chi connectivity index (χ2n) is 5.89. The largest absolute Gasteiger partial charge is 0.332 e. The van der Waals surface area contributed by atoms with Gasteiger partial charge in [-0.15, -0.1) is 0 Å². The van der Waals surface area contributed by atoms with E-state index in [-0.39, 0.29) is 37.4 Å². The average Bonchev–Trinajstić information content (AvgIpc) is 2.57. The molecule has 0 saturated carbocycles. The number of halogens is 1. The first kappa shape index (κ1) is 16.7. The van der Waals surface area contributed by atoms with Crippen LogP contribution in [0.5, 0.6) is 0 Å². The molecule has 4 amide bonds. The lowest BCUT2D eigenvalue weighted by Crippen LogP contribution is -2.55. The van der Waals surface area contributed by atoms with Gasteiger partial charge in [0, 0.05) is 37.6 Å². The summed E-state index contributed by atoms with van der Waals surface area (Å²) in [6.45, 7) is 2.13. The lowest BCUT2D eigenvalue weighted by molar-refractivity contribution is -0.136. The highest BCUT2D eigenvalue weighted by molar-refractivity contribution is 6.30. The molecule has 2 aliphatic heterocycles. The highest BCUT2D eigenvalue weighted by atomic mass is 35.5. The van der Waals surface area contributed by atoms with Crippen LogP contribution in [0, 0.1) is 0 Å². The topological polar surface area (TPSA) is 81.8 Å². The fraction of sp³-hybridized carbons (Fsp3) is 0.438. The summed E-state index contributed by atoms with van der Waals surface area (Å²) in [4.78, 5) is 38.9. The summed E-state index contributed by atoms with van der Waals surface area (Å²) < 4.78 is 0. The lowest BCUT2D eigenvalue weighted by atomic mass is 10.0. The third-order valence-electron chi connectivity index (χ3n) is 4.27. The predicted molar refractivity (Wildman–Crippen MR) is 88.5 cm³/mol. The number of urea groups is 1. The number of carbonyl (C=O) groups excluding carboxylic acids is 3. The zero-order chi connectivity index (χ0) is 17.1. The first-order valence-electron chi connectivity index (χ1n) is 7.89. The Labute approximate surface area is 144 Å². The number of piperazine rings is 1. The van der Waals surface area contributed by atoms with Crippen LogP contribution in [-0.4, -0.2) is 60.4 Å². The molecule has 2 heterocycles. The summed E-state index contributed by atoms with van der Waals surface area (Å²) in [6.07, 6.45) is 0.221. The molecular weight excluding hydrogens is 332 g/mol. The molecule has 1 unspecified atom stereocenters. The molecule has 3 rings (SSSR count). The molecule has 1 atom stereocenters. The van der Waals surface area contributed by atoms with Crippen molar-refractivity contribution in [3.8, 4) is 0 Å². The molecule has 2 N–H and O–H groups in total. The van der Waals surface area contributed by atoms with Gasteiger partial charge in [-0.1, -0.05) is 23.7 Å². The van der Waals surface area contributed by atoms with Gasteiger partial charge in [0.25, 0.3) is 0 Å². The van der Waals surface area contributed by atoms with Gasteiger partial charge in [0.1, 0.15) is 6.54 Å². The summed E-state index contributed by atoms with van der Waals surface area (Å²) >= 11 is 6.06. The Morgan fingerprint density at radius 2 is 2.12 bits per heavy atom. The highest BCUT2D eigenvalue weighted by Gasteiger charge is 2.31.